The first-order valence-electron chi connectivity index (χ1n) is 13.2. The number of nitrogens with two attached hydrogens (primary N) is 4. The molecule has 0 aliphatic carbocycles. The molecule has 1 aromatic carbocycles. The summed E-state index contributed by atoms with van der Waals surface area (Å²) in [4.78, 5) is 69.8. The highest BCUT2D eigenvalue weighted by atomic mass is 32.2. The number of rotatable bonds is 18. The largest absolute Gasteiger partial charge is 0.480 e. The van der Waals surface area contributed by atoms with Crippen molar-refractivity contribution in [2.24, 2.45) is 27.9 Å². The van der Waals surface area contributed by atoms with Crippen LogP contribution >= 0.6 is 11.8 Å². The van der Waals surface area contributed by atoms with Crippen molar-refractivity contribution in [3.05, 3.63) is 36.0 Å². The van der Waals surface area contributed by atoms with Crippen LogP contribution in [0.2, 0.25) is 0 Å². The van der Waals surface area contributed by atoms with Gasteiger partial charge >= 0.3 is 5.97 Å². The van der Waals surface area contributed by atoms with Crippen LogP contribution < -0.4 is 38.9 Å². The van der Waals surface area contributed by atoms with Gasteiger partial charge in [-0.15, -0.1) is 0 Å². The molecule has 16 heteroatoms. The maximum absolute atomic E-state index is 13.4. The van der Waals surface area contributed by atoms with Gasteiger partial charge in [-0.1, -0.05) is 18.2 Å². The number of benzene rings is 1. The molecule has 0 bridgehead atoms. The standard InChI is InChI=1S/C26H39N9O6S/c1-42-10-8-18(25(40)41)33-23(38)19(11-14-13-32-17-7-3-2-5-15(14)17)35-24(39)20(12-21(28)36)34-22(37)16(27)6-4-9-31-26(29)30/h2-3,5,7,13,16,18-20,32H,4,6,8-12,27H2,1H3,(H2,28,36)(H,33,38)(H,34,37)(H,35,39)(H,40,41)(H4,29,30,31). The molecule has 0 aliphatic heterocycles. The number of aromatic nitrogens is 1. The molecule has 4 amide bonds. The fraction of sp³-hybridized carbons (Fsp3) is 0.462. The molecule has 15 nitrogen and oxygen atoms in total. The number of nitrogens with one attached hydrogen (secondary N) is 4. The zero-order valence-electron chi connectivity index (χ0n) is 23.3. The second kappa shape index (κ2) is 16.8. The number of hydrogen-bond acceptors (Lipinski definition) is 8. The third-order valence-electron chi connectivity index (χ3n) is 6.30. The zero-order chi connectivity index (χ0) is 31.2. The number of para-hydroxylation sites is 1. The second-order valence-electron chi connectivity index (χ2n) is 9.59. The minimum Gasteiger partial charge on any atom is -0.480 e. The Balaban J connectivity index is 2.25. The molecule has 0 fully saturated rings. The van der Waals surface area contributed by atoms with E-state index in [0.29, 0.717) is 17.7 Å². The predicted molar refractivity (Wildman–Crippen MR) is 160 cm³/mol. The van der Waals surface area contributed by atoms with Crippen LogP contribution in [0.5, 0.6) is 0 Å². The minimum absolute atomic E-state index is 0.0159. The summed E-state index contributed by atoms with van der Waals surface area (Å²) in [5, 5.41) is 17.9. The van der Waals surface area contributed by atoms with Gasteiger partial charge in [-0.25, -0.2) is 4.79 Å². The van der Waals surface area contributed by atoms with Crippen LogP contribution in [0, 0.1) is 0 Å². The number of carbonyl (C=O) groups excluding carboxylic acids is 4. The van der Waals surface area contributed by atoms with Gasteiger partial charge in [-0.3, -0.25) is 24.2 Å². The van der Waals surface area contributed by atoms with Crippen LogP contribution in [0.25, 0.3) is 10.9 Å². The lowest BCUT2D eigenvalue weighted by Crippen LogP contribution is -2.58. The van der Waals surface area contributed by atoms with Crippen LogP contribution in [0.3, 0.4) is 0 Å². The van der Waals surface area contributed by atoms with Gasteiger partial charge in [-0.05, 0) is 42.9 Å². The van der Waals surface area contributed by atoms with Crippen molar-refractivity contribution in [1.29, 1.82) is 0 Å². The number of aliphatic imine (C=N–C) groups is 1. The van der Waals surface area contributed by atoms with Gasteiger partial charge in [0.2, 0.25) is 23.6 Å². The molecule has 0 radical (unpaired) electrons. The number of carboxylic acids is 1. The third kappa shape index (κ3) is 10.9. The Bertz CT molecular complexity index is 1280. The number of nitrogens with zero attached hydrogens (tertiary/aromatic N) is 1. The van der Waals surface area contributed by atoms with E-state index in [1.807, 2.05) is 30.5 Å². The van der Waals surface area contributed by atoms with Gasteiger partial charge in [0.1, 0.15) is 18.1 Å². The average molecular weight is 606 g/mol. The Morgan fingerprint density at radius 2 is 1.60 bits per heavy atom. The van der Waals surface area contributed by atoms with Crippen molar-refractivity contribution in [1.82, 2.24) is 20.9 Å². The van der Waals surface area contributed by atoms with Crippen molar-refractivity contribution in [3.63, 3.8) is 0 Å². The number of carbonyl (C=O) groups is 5. The zero-order valence-corrected chi connectivity index (χ0v) is 24.1. The smallest absolute Gasteiger partial charge is 0.326 e. The van der Waals surface area contributed by atoms with E-state index in [1.54, 1.807) is 6.20 Å². The molecule has 1 aromatic heterocycles. The lowest BCUT2D eigenvalue weighted by Gasteiger charge is -2.25. The first-order chi connectivity index (χ1) is 19.9. The van der Waals surface area contributed by atoms with E-state index < -0.39 is 60.2 Å². The Kier molecular flexibility index (Phi) is 13.6. The van der Waals surface area contributed by atoms with Gasteiger partial charge in [0.15, 0.2) is 5.96 Å². The van der Waals surface area contributed by atoms with Gasteiger partial charge in [0, 0.05) is 30.1 Å². The molecule has 0 saturated carbocycles. The summed E-state index contributed by atoms with van der Waals surface area (Å²) in [6.45, 7) is 0.243. The molecule has 2 aromatic rings. The number of H-pyrrole nitrogens is 1. The maximum Gasteiger partial charge on any atom is 0.326 e. The molecule has 0 spiro atoms. The molecule has 0 aliphatic rings. The first kappa shape index (κ1) is 33.9. The Morgan fingerprint density at radius 3 is 2.24 bits per heavy atom. The summed E-state index contributed by atoms with van der Waals surface area (Å²) in [6, 6.07) is 2.40. The summed E-state index contributed by atoms with van der Waals surface area (Å²) >= 11 is 1.42. The van der Waals surface area contributed by atoms with Crippen LogP contribution in [-0.4, -0.2) is 88.4 Å². The number of aliphatic carboxylic acids is 1. The summed E-state index contributed by atoms with van der Waals surface area (Å²) in [5.74, 6) is -4.05. The fourth-order valence-electron chi connectivity index (χ4n) is 4.11. The monoisotopic (exact) mass is 605 g/mol. The highest BCUT2D eigenvalue weighted by molar-refractivity contribution is 7.98. The van der Waals surface area contributed by atoms with E-state index in [9.17, 15) is 29.1 Å². The number of thioether (sulfide) groups is 1. The van der Waals surface area contributed by atoms with Crippen molar-refractivity contribution >= 4 is 58.2 Å². The SMILES string of the molecule is CSCCC(NC(=O)C(Cc1c[nH]c2ccccc12)NC(=O)C(CC(N)=O)NC(=O)C(N)CCCN=C(N)N)C(=O)O. The van der Waals surface area contributed by atoms with Crippen molar-refractivity contribution < 1.29 is 29.1 Å². The molecule has 1 heterocycles. The number of guanidine groups is 1. The molecule has 2 rings (SSSR count). The highest BCUT2D eigenvalue weighted by Crippen LogP contribution is 2.19. The third-order valence-corrected chi connectivity index (χ3v) is 6.94. The molecule has 230 valence electrons. The topological polar surface area (TPSA) is 274 Å². The Hall–Kier alpha value is -4.31. The van der Waals surface area contributed by atoms with Crippen LogP contribution in [0.15, 0.2) is 35.5 Å². The summed E-state index contributed by atoms with van der Waals surface area (Å²) in [6.07, 6.45) is 3.65. The van der Waals surface area contributed by atoms with Gasteiger partial charge in [0.25, 0.3) is 0 Å². The summed E-state index contributed by atoms with van der Waals surface area (Å²) in [5.41, 5.74) is 23.3. The number of carboxylic acid groups (broad SMARTS) is 1. The molecule has 42 heavy (non-hydrogen) atoms. The molecular weight excluding hydrogens is 566 g/mol. The van der Waals surface area contributed by atoms with Gasteiger partial charge < -0.3 is 49.0 Å². The van der Waals surface area contributed by atoms with E-state index in [4.69, 9.17) is 22.9 Å². The first-order valence-corrected chi connectivity index (χ1v) is 14.6. The van der Waals surface area contributed by atoms with Crippen LogP contribution in [0.4, 0.5) is 0 Å². The average Bonchev–Trinajstić information content (AvgIpc) is 3.34. The van der Waals surface area contributed by atoms with Crippen LogP contribution in [-0.2, 0) is 30.4 Å². The Labute approximate surface area is 247 Å². The van der Waals surface area contributed by atoms with E-state index >= 15 is 0 Å². The number of primary amides is 1. The summed E-state index contributed by atoms with van der Waals surface area (Å²) < 4.78 is 0. The number of amides is 4. The van der Waals surface area contributed by atoms with Gasteiger partial charge in [0.05, 0.1) is 12.5 Å². The minimum atomic E-state index is -1.44. The maximum atomic E-state index is 13.4. The number of aromatic amines is 1. The van der Waals surface area contributed by atoms with E-state index in [1.165, 1.54) is 11.8 Å². The van der Waals surface area contributed by atoms with Crippen molar-refractivity contribution in [2.75, 3.05) is 18.6 Å². The second-order valence-corrected chi connectivity index (χ2v) is 10.6. The lowest BCUT2D eigenvalue weighted by molar-refractivity contribution is -0.142. The molecule has 0 saturated heterocycles. The van der Waals surface area contributed by atoms with E-state index in [-0.39, 0.29) is 31.8 Å². The van der Waals surface area contributed by atoms with E-state index in [0.717, 1.165) is 10.9 Å². The number of fused-ring (bicyclic) bond motifs is 1. The molecule has 13 N–H and O–H groups in total. The lowest BCUT2D eigenvalue weighted by atomic mass is 10.0. The van der Waals surface area contributed by atoms with Gasteiger partial charge in [-0.2, -0.15) is 11.8 Å². The molecular formula is C26H39N9O6S. The quantitative estimate of drug-likeness (QED) is 0.0525. The number of hydrogen-bond donors (Lipinski definition) is 9. The van der Waals surface area contributed by atoms with Crippen LogP contribution in [0.1, 0.15) is 31.2 Å². The highest BCUT2D eigenvalue weighted by Gasteiger charge is 2.31. The Morgan fingerprint density at radius 1 is 0.952 bits per heavy atom. The molecule has 4 atom stereocenters. The summed E-state index contributed by atoms with van der Waals surface area (Å²) in [7, 11) is 0. The van der Waals surface area contributed by atoms with Crippen molar-refractivity contribution in [3.8, 4) is 0 Å². The predicted octanol–water partition coefficient (Wildman–Crippen LogP) is -1.74. The normalized spacial score (nSPS) is 13.8. The fourth-order valence-corrected chi connectivity index (χ4v) is 4.58. The van der Waals surface area contributed by atoms with E-state index in [2.05, 4.69) is 25.9 Å². The molecule has 4 unspecified atom stereocenters. The van der Waals surface area contributed by atoms with Crippen molar-refractivity contribution in [2.45, 2.75) is 56.3 Å².